The maximum atomic E-state index is 4.34. The van der Waals surface area contributed by atoms with Crippen LogP contribution in [0.5, 0.6) is 0 Å². The molecule has 0 atom stereocenters. The van der Waals surface area contributed by atoms with Gasteiger partial charge in [-0.2, -0.15) is 0 Å². The molecular formula is C10H11N3S. The number of hydrogen-bond donors (Lipinski definition) is 1. The van der Waals surface area contributed by atoms with Crippen LogP contribution >= 0.6 is 11.3 Å². The molecule has 0 radical (unpaired) electrons. The number of aryl methyl sites for hydroxylation is 1. The van der Waals surface area contributed by atoms with E-state index in [-0.39, 0.29) is 0 Å². The SMILES string of the molecule is CCc1ncnc2sc3c(c12)CCN3. The monoisotopic (exact) mass is 205 g/mol. The average molecular weight is 205 g/mol. The molecule has 0 saturated carbocycles. The lowest BCUT2D eigenvalue weighted by molar-refractivity contribution is 1.02. The fraction of sp³-hybridized carbons (Fsp3) is 0.400. The van der Waals surface area contributed by atoms with Gasteiger partial charge in [0.05, 0.1) is 10.7 Å². The molecule has 2 aromatic rings. The molecule has 2 aromatic heterocycles. The van der Waals surface area contributed by atoms with Gasteiger partial charge in [-0.25, -0.2) is 9.97 Å². The Morgan fingerprint density at radius 1 is 1.50 bits per heavy atom. The quantitative estimate of drug-likeness (QED) is 0.775. The Kier molecular flexibility index (Phi) is 1.70. The first-order valence-corrected chi connectivity index (χ1v) is 5.71. The molecule has 4 heteroatoms. The van der Waals surface area contributed by atoms with Crippen LogP contribution in [0.2, 0.25) is 0 Å². The van der Waals surface area contributed by atoms with E-state index >= 15 is 0 Å². The molecule has 3 heterocycles. The van der Waals surface area contributed by atoms with Crippen LogP contribution in [0, 0.1) is 0 Å². The van der Waals surface area contributed by atoms with Gasteiger partial charge in [-0.15, -0.1) is 0 Å². The van der Waals surface area contributed by atoms with Crippen molar-refractivity contribution in [2.75, 3.05) is 11.9 Å². The topological polar surface area (TPSA) is 37.8 Å². The van der Waals surface area contributed by atoms with Crippen LogP contribution in [0.1, 0.15) is 18.2 Å². The molecule has 0 bridgehead atoms. The first-order chi connectivity index (χ1) is 6.90. The van der Waals surface area contributed by atoms with E-state index < -0.39 is 0 Å². The van der Waals surface area contributed by atoms with E-state index in [4.69, 9.17) is 0 Å². The van der Waals surface area contributed by atoms with Gasteiger partial charge in [0.1, 0.15) is 11.2 Å². The summed E-state index contributed by atoms with van der Waals surface area (Å²) < 4.78 is 0. The Hall–Kier alpha value is -1.16. The molecule has 0 spiro atoms. The Bertz CT molecular complexity index is 489. The zero-order valence-electron chi connectivity index (χ0n) is 8.00. The number of nitrogens with zero attached hydrogens (tertiary/aromatic N) is 2. The molecule has 0 saturated heterocycles. The number of fused-ring (bicyclic) bond motifs is 3. The Labute approximate surface area is 86.2 Å². The number of nitrogens with one attached hydrogen (secondary N) is 1. The fourth-order valence-corrected chi connectivity index (χ4v) is 3.14. The molecule has 3 rings (SSSR count). The highest BCUT2D eigenvalue weighted by Gasteiger charge is 2.19. The minimum atomic E-state index is 0.988. The smallest absolute Gasteiger partial charge is 0.129 e. The van der Waals surface area contributed by atoms with Crippen molar-refractivity contribution >= 4 is 26.6 Å². The molecule has 1 aliphatic heterocycles. The molecule has 3 nitrogen and oxygen atoms in total. The highest BCUT2D eigenvalue weighted by Crippen LogP contribution is 2.38. The summed E-state index contributed by atoms with van der Waals surface area (Å²) in [7, 11) is 0. The molecular weight excluding hydrogens is 194 g/mol. The summed E-state index contributed by atoms with van der Waals surface area (Å²) in [6.45, 7) is 3.21. The minimum Gasteiger partial charge on any atom is -0.376 e. The summed E-state index contributed by atoms with van der Waals surface area (Å²) in [5, 5.41) is 6.00. The van der Waals surface area contributed by atoms with Crippen LogP contribution in [-0.2, 0) is 12.8 Å². The molecule has 14 heavy (non-hydrogen) atoms. The van der Waals surface area contributed by atoms with Gasteiger partial charge in [0.15, 0.2) is 0 Å². The first-order valence-electron chi connectivity index (χ1n) is 4.89. The third-order valence-electron chi connectivity index (χ3n) is 2.66. The van der Waals surface area contributed by atoms with Crippen molar-refractivity contribution in [3.63, 3.8) is 0 Å². The third kappa shape index (κ3) is 0.973. The highest BCUT2D eigenvalue weighted by atomic mass is 32.1. The van der Waals surface area contributed by atoms with Gasteiger partial charge in [-0.3, -0.25) is 0 Å². The van der Waals surface area contributed by atoms with Crippen molar-refractivity contribution in [1.82, 2.24) is 9.97 Å². The van der Waals surface area contributed by atoms with Crippen molar-refractivity contribution in [1.29, 1.82) is 0 Å². The summed E-state index contributed by atoms with van der Waals surface area (Å²) in [5.74, 6) is 0. The van der Waals surface area contributed by atoms with Crippen molar-refractivity contribution < 1.29 is 0 Å². The van der Waals surface area contributed by atoms with E-state index in [1.54, 1.807) is 17.7 Å². The number of aromatic nitrogens is 2. The lowest BCUT2D eigenvalue weighted by Crippen LogP contribution is -1.93. The van der Waals surface area contributed by atoms with Gasteiger partial charge < -0.3 is 5.32 Å². The second-order valence-electron chi connectivity index (χ2n) is 3.44. The number of anilines is 1. The van der Waals surface area contributed by atoms with Crippen molar-refractivity contribution in [3.8, 4) is 0 Å². The number of hydrogen-bond acceptors (Lipinski definition) is 4. The van der Waals surface area contributed by atoms with Crippen LogP contribution in [-0.4, -0.2) is 16.5 Å². The first kappa shape index (κ1) is 8.17. The molecule has 0 aliphatic carbocycles. The Balaban J connectivity index is 2.39. The van der Waals surface area contributed by atoms with E-state index in [2.05, 4.69) is 22.2 Å². The molecule has 0 fully saturated rings. The lowest BCUT2D eigenvalue weighted by atomic mass is 10.1. The van der Waals surface area contributed by atoms with Gasteiger partial charge in [0.25, 0.3) is 0 Å². The maximum absolute atomic E-state index is 4.34. The van der Waals surface area contributed by atoms with Crippen LogP contribution in [0.3, 0.4) is 0 Å². The van der Waals surface area contributed by atoms with Crippen LogP contribution in [0.15, 0.2) is 6.33 Å². The normalized spacial score (nSPS) is 14.4. The molecule has 0 amide bonds. The van der Waals surface area contributed by atoms with E-state index in [9.17, 15) is 0 Å². The van der Waals surface area contributed by atoms with E-state index in [1.807, 2.05) is 0 Å². The van der Waals surface area contributed by atoms with Crippen LogP contribution < -0.4 is 5.32 Å². The van der Waals surface area contributed by atoms with Gasteiger partial charge in [0.2, 0.25) is 0 Å². The lowest BCUT2D eigenvalue weighted by Gasteiger charge is -1.98. The zero-order valence-corrected chi connectivity index (χ0v) is 8.82. The van der Waals surface area contributed by atoms with E-state index in [0.29, 0.717) is 0 Å². The second-order valence-corrected chi connectivity index (χ2v) is 4.44. The fourth-order valence-electron chi connectivity index (χ4n) is 2.01. The van der Waals surface area contributed by atoms with Crippen molar-refractivity contribution in [3.05, 3.63) is 17.6 Å². The summed E-state index contributed by atoms with van der Waals surface area (Å²) in [6, 6.07) is 0. The van der Waals surface area contributed by atoms with Crippen molar-refractivity contribution in [2.24, 2.45) is 0 Å². The maximum Gasteiger partial charge on any atom is 0.129 e. The third-order valence-corrected chi connectivity index (χ3v) is 3.76. The molecule has 0 aromatic carbocycles. The second kappa shape index (κ2) is 2.92. The summed E-state index contributed by atoms with van der Waals surface area (Å²) in [4.78, 5) is 9.80. The van der Waals surface area contributed by atoms with Gasteiger partial charge in [-0.05, 0) is 18.4 Å². The molecule has 1 N–H and O–H groups in total. The van der Waals surface area contributed by atoms with Crippen LogP contribution in [0.4, 0.5) is 5.00 Å². The van der Waals surface area contributed by atoms with Crippen LogP contribution in [0.25, 0.3) is 10.2 Å². The Morgan fingerprint density at radius 3 is 3.29 bits per heavy atom. The summed E-state index contributed by atoms with van der Waals surface area (Å²) >= 11 is 1.75. The van der Waals surface area contributed by atoms with Gasteiger partial charge in [0, 0.05) is 11.9 Å². The predicted molar refractivity (Wildman–Crippen MR) is 59.0 cm³/mol. The number of rotatable bonds is 1. The summed E-state index contributed by atoms with van der Waals surface area (Å²) in [5.41, 5.74) is 2.62. The minimum absolute atomic E-state index is 0.988. The largest absolute Gasteiger partial charge is 0.376 e. The zero-order chi connectivity index (χ0) is 9.54. The molecule has 1 aliphatic rings. The van der Waals surface area contributed by atoms with E-state index in [0.717, 1.165) is 24.2 Å². The predicted octanol–water partition coefficient (Wildman–Crippen LogP) is 2.22. The highest BCUT2D eigenvalue weighted by molar-refractivity contribution is 7.22. The van der Waals surface area contributed by atoms with Gasteiger partial charge >= 0.3 is 0 Å². The number of thiophene rings is 1. The summed E-state index contributed by atoms with van der Waals surface area (Å²) in [6.07, 6.45) is 3.78. The Morgan fingerprint density at radius 2 is 2.43 bits per heavy atom. The van der Waals surface area contributed by atoms with Crippen molar-refractivity contribution in [2.45, 2.75) is 19.8 Å². The molecule has 72 valence electrons. The molecule has 0 unspecified atom stereocenters. The average Bonchev–Trinajstić information content (AvgIpc) is 2.75. The van der Waals surface area contributed by atoms with Gasteiger partial charge in [-0.1, -0.05) is 18.3 Å². The standard InChI is InChI=1S/C10H11N3S/c1-2-7-8-6-3-4-11-9(6)14-10(8)13-5-12-7/h5,11H,2-4H2,1H3. The van der Waals surface area contributed by atoms with E-state index in [1.165, 1.54) is 21.6 Å².